The number of carbonyl (C=O) groups excluding carboxylic acids is 2. The molecule has 1 aliphatic rings. The van der Waals surface area contributed by atoms with E-state index in [1.165, 1.54) is 11.8 Å². The number of primary amides is 1. The molecule has 8 heteroatoms. The van der Waals surface area contributed by atoms with Gasteiger partial charge in [0, 0.05) is 0 Å². The van der Waals surface area contributed by atoms with E-state index in [1.807, 2.05) is 6.26 Å². The quantitative estimate of drug-likeness (QED) is 0.491. The average molecular weight is 289 g/mol. The van der Waals surface area contributed by atoms with Gasteiger partial charge < -0.3 is 21.5 Å². The molecule has 1 aliphatic carbocycles. The fraction of sp³-hybridized carbons (Fsp3) is 0.727. The van der Waals surface area contributed by atoms with Crippen LogP contribution < -0.4 is 16.4 Å². The molecule has 0 aromatic heterocycles. The summed E-state index contributed by atoms with van der Waals surface area (Å²) < 4.78 is 0. The van der Waals surface area contributed by atoms with Crippen LogP contribution in [0.3, 0.4) is 0 Å². The highest BCUT2D eigenvalue weighted by molar-refractivity contribution is 7.98. The normalized spacial score (nSPS) is 17.3. The predicted molar refractivity (Wildman–Crippen MR) is 71.8 cm³/mol. The lowest BCUT2D eigenvalue weighted by molar-refractivity contribution is -0.142. The number of rotatable bonds is 8. The molecule has 2 unspecified atom stereocenters. The van der Waals surface area contributed by atoms with Gasteiger partial charge in [0.1, 0.15) is 12.1 Å². The Balaban J connectivity index is 2.58. The molecule has 108 valence electrons. The summed E-state index contributed by atoms with van der Waals surface area (Å²) in [6.07, 6.45) is 3.89. The number of urea groups is 1. The number of amides is 3. The number of thioether (sulfide) groups is 1. The van der Waals surface area contributed by atoms with Crippen LogP contribution in [0, 0.1) is 5.92 Å². The van der Waals surface area contributed by atoms with E-state index in [0.29, 0.717) is 12.2 Å². The van der Waals surface area contributed by atoms with E-state index in [-0.39, 0.29) is 5.92 Å². The zero-order valence-electron chi connectivity index (χ0n) is 10.7. The number of hydrogen-bond donors (Lipinski definition) is 4. The zero-order chi connectivity index (χ0) is 14.4. The molecule has 0 radical (unpaired) electrons. The molecule has 0 saturated heterocycles. The van der Waals surface area contributed by atoms with Gasteiger partial charge in [-0.25, -0.2) is 9.59 Å². The van der Waals surface area contributed by atoms with Gasteiger partial charge in [0.05, 0.1) is 0 Å². The largest absolute Gasteiger partial charge is 0.480 e. The van der Waals surface area contributed by atoms with Crippen LogP contribution in [0.5, 0.6) is 0 Å². The van der Waals surface area contributed by atoms with Gasteiger partial charge in [0.2, 0.25) is 5.91 Å². The topological polar surface area (TPSA) is 122 Å². The summed E-state index contributed by atoms with van der Waals surface area (Å²) in [5, 5.41) is 13.9. The molecule has 0 bridgehead atoms. The standard InChI is InChI=1S/C11H19N3O4S/c1-19-5-4-7(13-11(12)18)9(15)14-8(10(16)17)6-2-3-6/h6-8H,2-5H2,1H3,(H,14,15)(H,16,17)(H3,12,13,18). The predicted octanol–water partition coefficient (Wildman–Crippen LogP) is -0.244. The number of nitrogens with two attached hydrogens (primary N) is 1. The van der Waals surface area contributed by atoms with Crippen molar-refractivity contribution in [3.8, 4) is 0 Å². The van der Waals surface area contributed by atoms with Gasteiger partial charge >= 0.3 is 12.0 Å². The Labute approximate surface area is 115 Å². The molecule has 5 N–H and O–H groups in total. The minimum atomic E-state index is -1.04. The minimum Gasteiger partial charge on any atom is -0.480 e. The van der Waals surface area contributed by atoms with Gasteiger partial charge in [-0.2, -0.15) is 11.8 Å². The molecule has 2 atom stereocenters. The second-order valence-corrected chi connectivity index (χ2v) is 5.49. The van der Waals surface area contributed by atoms with E-state index >= 15 is 0 Å². The number of hydrogen-bond acceptors (Lipinski definition) is 4. The van der Waals surface area contributed by atoms with Crippen molar-refractivity contribution in [2.75, 3.05) is 12.0 Å². The Morgan fingerprint density at radius 2 is 2.00 bits per heavy atom. The van der Waals surface area contributed by atoms with Crippen molar-refractivity contribution in [3.63, 3.8) is 0 Å². The maximum absolute atomic E-state index is 12.0. The van der Waals surface area contributed by atoms with Crippen LogP contribution in [0.4, 0.5) is 4.79 Å². The van der Waals surface area contributed by atoms with Gasteiger partial charge in [0.15, 0.2) is 0 Å². The van der Waals surface area contributed by atoms with Gasteiger partial charge in [-0.05, 0) is 37.2 Å². The highest BCUT2D eigenvalue weighted by Crippen LogP contribution is 2.32. The second kappa shape index (κ2) is 7.22. The first-order valence-electron chi connectivity index (χ1n) is 6.03. The molecule has 1 rings (SSSR count). The van der Waals surface area contributed by atoms with Crippen LogP contribution in [0.15, 0.2) is 0 Å². The number of carboxylic acid groups (broad SMARTS) is 1. The van der Waals surface area contributed by atoms with Crippen LogP contribution in [0.25, 0.3) is 0 Å². The summed E-state index contributed by atoms with van der Waals surface area (Å²) in [5.41, 5.74) is 5.01. The SMILES string of the molecule is CSCCC(NC(N)=O)C(=O)NC(C(=O)O)C1CC1. The van der Waals surface area contributed by atoms with E-state index in [2.05, 4.69) is 10.6 Å². The van der Waals surface area contributed by atoms with Gasteiger partial charge in [0.25, 0.3) is 0 Å². The number of nitrogens with one attached hydrogen (secondary N) is 2. The number of aliphatic carboxylic acids is 1. The molecule has 0 aliphatic heterocycles. The Morgan fingerprint density at radius 3 is 2.42 bits per heavy atom. The van der Waals surface area contributed by atoms with Crippen molar-refractivity contribution in [3.05, 3.63) is 0 Å². The minimum absolute atomic E-state index is 0.00349. The summed E-state index contributed by atoms with van der Waals surface area (Å²) >= 11 is 1.53. The van der Waals surface area contributed by atoms with E-state index in [0.717, 1.165) is 12.8 Å². The molecule has 1 saturated carbocycles. The first-order valence-corrected chi connectivity index (χ1v) is 7.43. The Hall–Kier alpha value is -1.44. The van der Waals surface area contributed by atoms with Crippen LogP contribution in [-0.4, -0.2) is 47.1 Å². The van der Waals surface area contributed by atoms with E-state index in [1.54, 1.807) is 0 Å². The molecule has 19 heavy (non-hydrogen) atoms. The summed E-state index contributed by atoms with van der Waals surface area (Å²) in [6, 6.07) is -2.45. The van der Waals surface area contributed by atoms with Gasteiger partial charge in [-0.3, -0.25) is 4.79 Å². The smallest absolute Gasteiger partial charge is 0.326 e. The van der Waals surface area contributed by atoms with Crippen molar-refractivity contribution in [1.82, 2.24) is 10.6 Å². The molecule has 3 amide bonds. The lowest BCUT2D eigenvalue weighted by Crippen LogP contribution is -2.53. The summed E-state index contributed by atoms with van der Waals surface area (Å²) in [6.45, 7) is 0. The molecule has 0 heterocycles. The van der Waals surface area contributed by atoms with Crippen molar-refractivity contribution in [2.45, 2.75) is 31.3 Å². The maximum atomic E-state index is 12.0. The summed E-state index contributed by atoms with van der Waals surface area (Å²) in [5.74, 6) is -0.874. The van der Waals surface area contributed by atoms with E-state index < -0.39 is 30.0 Å². The van der Waals surface area contributed by atoms with Crippen LogP contribution in [-0.2, 0) is 9.59 Å². The highest BCUT2D eigenvalue weighted by Gasteiger charge is 2.38. The van der Waals surface area contributed by atoms with Crippen molar-refractivity contribution < 1.29 is 19.5 Å². The third-order valence-corrected chi connectivity index (χ3v) is 3.54. The molecule has 0 aromatic rings. The number of carboxylic acids is 1. The molecular weight excluding hydrogens is 270 g/mol. The molecular formula is C11H19N3O4S. The fourth-order valence-electron chi connectivity index (χ4n) is 1.74. The van der Waals surface area contributed by atoms with Crippen LogP contribution >= 0.6 is 11.8 Å². The lowest BCUT2D eigenvalue weighted by atomic mass is 10.1. The molecule has 1 fully saturated rings. The monoisotopic (exact) mass is 289 g/mol. The lowest BCUT2D eigenvalue weighted by Gasteiger charge is -2.20. The molecule has 7 nitrogen and oxygen atoms in total. The van der Waals surface area contributed by atoms with Gasteiger partial charge in [-0.1, -0.05) is 0 Å². The first-order chi connectivity index (χ1) is 8.95. The highest BCUT2D eigenvalue weighted by atomic mass is 32.2. The van der Waals surface area contributed by atoms with E-state index in [9.17, 15) is 14.4 Å². The van der Waals surface area contributed by atoms with E-state index in [4.69, 9.17) is 10.8 Å². The van der Waals surface area contributed by atoms with Crippen LogP contribution in [0.2, 0.25) is 0 Å². The van der Waals surface area contributed by atoms with Crippen molar-refractivity contribution in [2.24, 2.45) is 11.7 Å². The van der Waals surface area contributed by atoms with Crippen molar-refractivity contribution in [1.29, 1.82) is 0 Å². The molecule has 0 spiro atoms. The second-order valence-electron chi connectivity index (χ2n) is 4.50. The zero-order valence-corrected chi connectivity index (χ0v) is 11.5. The Bertz CT molecular complexity index is 360. The third kappa shape index (κ3) is 5.37. The first kappa shape index (κ1) is 15.6. The molecule has 0 aromatic carbocycles. The van der Waals surface area contributed by atoms with Crippen LogP contribution in [0.1, 0.15) is 19.3 Å². The summed E-state index contributed by atoms with van der Waals surface area (Å²) in [7, 11) is 0. The average Bonchev–Trinajstić information content (AvgIpc) is 3.14. The Morgan fingerprint density at radius 1 is 1.37 bits per heavy atom. The number of carbonyl (C=O) groups is 3. The summed E-state index contributed by atoms with van der Waals surface area (Å²) in [4.78, 5) is 33.9. The van der Waals surface area contributed by atoms with Crippen molar-refractivity contribution >= 4 is 29.7 Å². The maximum Gasteiger partial charge on any atom is 0.326 e. The Kier molecular flexibility index (Phi) is 5.94. The van der Waals surface area contributed by atoms with Gasteiger partial charge in [-0.15, -0.1) is 0 Å². The fourth-order valence-corrected chi connectivity index (χ4v) is 2.21. The third-order valence-electron chi connectivity index (χ3n) is 2.90.